The van der Waals surface area contributed by atoms with Gasteiger partial charge in [-0.3, -0.25) is 9.48 Å². The van der Waals surface area contributed by atoms with Crippen LogP contribution in [0, 0.1) is 0 Å². The molecule has 0 aliphatic heterocycles. The van der Waals surface area contributed by atoms with Gasteiger partial charge >= 0.3 is 12.4 Å². The molecule has 1 rings (SSSR count). The largest absolute Gasteiger partial charge is 0.455 e. The van der Waals surface area contributed by atoms with Gasteiger partial charge < -0.3 is 0 Å². The van der Waals surface area contributed by atoms with Crippen LogP contribution in [0.4, 0.5) is 26.3 Å². The highest BCUT2D eigenvalue weighted by atomic mass is 19.4. The zero-order chi connectivity index (χ0) is 12.7. The van der Waals surface area contributed by atoms with Crippen molar-refractivity contribution in [2.45, 2.75) is 12.4 Å². The lowest BCUT2D eigenvalue weighted by Gasteiger charge is -2.10. The van der Waals surface area contributed by atoms with Crippen LogP contribution in [0.25, 0.3) is 0 Å². The van der Waals surface area contributed by atoms with Crippen LogP contribution < -0.4 is 0 Å². The second kappa shape index (κ2) is 3.49. The van der Waals surface area contributed by atoms with Crippen LogP contribution in [0.2, 0.25) is 0 Å². The first-order valence-electron chi connectivity index (χ1n) is 3.76. The van der Waals surface area contributed by atoms with E-state index in [9.17, 15) is 31.1 Å². The minimum absolute atomic E-state index is 0.180. The van der Waals surface area contributed by atoms with Crippen molar-refractivity contribution in [2.24, 2.45) is 7.05 Å². The molecule has 0 saturated carbocycles. The van der Waals surface area contributed by atoms with Gasteiger partial charge in [-0.2, -0.15) is 31.4 Å². The number of Topliss-reactive ketones (excluding diaryl/α,β-unsaturated/α-hetero) is 1. The third-order valence-electron chi connectivity index (χ3n) is 1.71. The molecule has 0 fully saturated rings. The first-order valence-corrected chi connectivity index (χ1v) is 3.76. The summed E-state index contributed by atoms with van der Waals surface area (Å²) in [5.41, 5.74) is -3.21. The number of aryl methyl sites for hydroxylation is 1. The zero-order valence-electron chi connectivity index (χ0n) is 7.65. The number of rotatable bonds is 1. The summed E-state index contributed by atoms with van der Waals surface area (Å²) in [5.74, 6) is -2.56. The molecule has 90 valence electrons. The number of nitrogens with zero attached hydrogens (tertiary/aromatic N) is 2. The standard InChI is InChI=1S/C7H4F6N2O/c1-15-4(6(8,9)10)3(2-14-15)5(16)7(11,12)13/h2H,1H3. The molecule has 1 aromatic rings. The highest BCUT2D eigenvalue weighted by Gasteiger charge is 2.47. The second-order valence-electron chi connectivity index (χ2n) is 2.86. The van der Waals surface area contributed by atoms with Gasteiger partial charge in [0.15, 0.2) is 5.69 Å². The fourth-order valence-corrected chi connectivity index (χ4v) is 1.09. The highest BCUT2D eigenvalue weighted by Crippen LogP contribution is 2.34. The van der Waals surface area contributed by atoms with Gasteiger partial charge in [0.1, 0.15) is 0 Å². The summed E-state index contributed by atoms with van der Waals surface area (Å²) in [6.07, 6.45) is -10.2. The van der Waals surface area contributed by atoms with Crippen LogP contribution in [-0.2, 0) is 13.2 Å². The second-order valence-corrected chi connectivity index (χ2v) is 2.86. The number of hydrogen-bond donors (Lipinski definition) is 0. The van der Waals surface area contributed by atoms with E-state index in [1.54, 1.807) is 0 Å². The minimum Gasteiger partial charge on any atom is -0.284 e. The topological polar surface area (TPSA) is 34.9 Å². The third kappa shape index (κ3) is 2.17. The van der Waals surface area contributed by atoms with E-state index in [2.05, 4.69) is 5.10 Å². The molecule has 0 atom stereocenters. The molecule has 0 saturated heterocycles. The Morgan fingerprint density at radius 3 is 2.12 bits per heavy atom. The van der Waals surface area contributed by atoms with Crippen molar-refractivity contribution in [3.63, 3.8) is 0 Å². The molecule has 0 amide bonds. The molecule has 0 bridgehead atoms. The quantitative estimate of drug-likeness (QED) is 0.562. The van der Waals surface area contributed by atoms with Gasteiger partial charge in [0.05, 0.1) is 11.8 Å². The molecule has 0 aromatic carbocycles. The molecule has 0 N–H and O–H groups in total. The van der Waals surface area contributed by atoms with Crippen molar-refractivity contribution in [1.29, 1.82) is 0 Å². The molecule has 1 aromatic heterocycles. The molecule has 0 aliphatic rings. The van der Waals surface area contributed by atoms with Crippen molar-refractivity contribution >= 4 is 5.78 Å². The number of aromatic nitrogens is 2. The van der Waals surface area contributed by atoms with Gasteiger partial charge in [0.2, 0.25) is 0 Å². The minimum atomic E-state index is -5.36. The molecule has 1 heterocycles. The summed E-state index contributed by atoms with van der Waals surface area (Å²) in [6, 6.07) is 0. The lowest BCUT2D eigenvalue weighted by molar-refractivity contribution is -0.144. The summed E-state index contributed by atoms with van der Waals surface area (Å²) in [5, 5.41) is 2.99. The maximum absolute atomic E-state index is 12.3. The third-order valence-corrected chi connectivity index (χ3v) is 1.71. The normalized spacial score (nSPS) is 12.9. The molecular formula is C7H4F6N2O. The van der Waals surface area contributed by atoms with Gasteiger partial charge in [-0.05, 0) is 0 Å². The van der Waals surface area contributed by atoms with E-state index < -0.39 is 29.4 Å². The van der Waals surface area contributed by atoms with Crippen LogP contribution in [0.3, 0.4) is 0 Å². The Labute approximate surface area is 84.7 Å². The molecule has 16 heavy (non-hydrogen) atoms. The molecule has 0 unspecified atom stereocenters. The van der Waals surface area contributed by atoms with E-state index >= 15 is 0 Å². The predicted molar refractivity (Wildman–Crippen MR) is 38.6 cm³/mol. The Bertz CT molecular complexity index is 415. The van der Waals surface area contributed by atoms with E-state index in [1.807, 2.05) is 0 Å². The Hall–Kier alpha value is -1.54. The molecule has 0 radical (unpaired) electrons. The van der Waals surface area contributed by atoms with Gasteiger partial charge in [-0.1, -0.05) is 0 Å². The maximum atomic E-state index is 12.3. The Kier molecular flexibility index (Phi) is 2.74. The van der Waals surface area contributed by atoms with E-state index in [4.69, 9.17) is 0 Å². The maximum Gasteiger partial charge on any atom is 0.455 e. The lowest BCUT2D eigenvalue weighted by Crippen LogP contribution is -2.26. The van der Waals surface area contributed by atoms with Crippen LogP contribution in [-0.4, -0.2) is 21.7 Å². The average molecular weight is 246 g/mol. The van der Waals surface area contributed by atoms with Crippen molar-refractivity contribution in [1.82, 2.24) is 9.78 Å². The molecular weight excluding hydrogens is 242 g/mol. The molecule has 3 nitrogen and oxygen atoms in total. The van der Waals surface area contributed by atoms with Gasteiger partial charge in [-0.25, -0.2) is 0 Å². The monoisotopic (exact) mass is 246 g/mol. The summed E-state index contributed by atoms with van der Waals surface area (Å²) in [6.45, 7) is 0. The van der Waals surface area contributed by atoms with Gasteiger partial charge in [-0.15, -0.1) is 0 Å². The van der Waals surface area contributed by atoms with E-state index in [1.165, 1.54) is 0 Å². The first kappa shape index (κ1) is 12.5. The van der Waals surface area contributed by atoms with E-state index in [0.717, 1.165) is 7.05 Å². The predicted octanol–water partition coefficient (Wildman–Crippen LogP) is 2.18. The first-order chi connectivity index (χ1) is 7.05. The van der Waals surface area contributed by atoms with Crippen molar-refractivity contribution in [3.8, 4) is 0 Å². The number of alkyl halides is 6. The number of carbonyl (C=O) groups is 1. The van der Waals surface area contributed by atoms with Crippen LogP contribution in [0.5, 0.6) is 0 Å². The average Bonchev–Trinajstić information content (AvgIpc) is 2.42. The Morgan fingerprint density at radius 1 is 1.25 bits per heavy atom. The van der Waals surface area contributed by atoms with Crippen molar-refractivity contribution in [2.75, 3.05) is 0 Å². The number of carbonyl (C=O) groups excluding carboxylic acids is 1. The number of halogens is 6. The van der Waals surface area contributed by atoms with Crippen molar-refractivity contribution < 1.29 is 31.1 Å². The van der Waals surface area contributed by atoms with Crippen molar-refractivity contribution in [3.05, 3.63) is 17.5 Å². The van der Waals surface area contributed by atoms with Crippen LogP contribution >= 0.6 is 0 Å². The SMILES string of the molecule is Cn1ncc(C(=O)C(F)(F)F)c1C(F)(F)F. The lowest BCUT2D eigenvalue weighted by atomic mass is 10.1. The van der Waals surface area contributed by atoms with Crippen LogP contribution in [0.15, 0.2) is 6.20 Å². The zero-order valence-corrected chi connectivity index (χ0v) is 7.65. The molecule has 0 aliphatic carbocycles. The number of hydrogen-bond acceptors (Lipinski definition) is 2. The summed E-state index contributed by atoms with van der Waals surface area (Å²) in [4.78, 5) is 10.7. The summed E-state index contributed by atoms with van der Waals surface area (Å²) < 4.78 is 73.0. The van der Waals surface area contributed by atoms with Crippen LogP contribution in [0.1, 0.15) is 16.1 Å². The van der Waals surface area contributed by atoms with E-state index in [-0.39, 0.29) is 10.9 Å². The fraction of sp³-hybridized carbons (Fsp3) is 0.429. The number of ketones is 1. The summed E-state index contributed by atoms with van der Waals surface area (Å²) in [7, 11) is 0.802. The fourth-order valence-electron chi connectivity index (χ4n) is 1.09. The summed E-state index contributed by atoms with van der Waals surface area (Å²) >= 11 is 0. The van der Waals surface area contributed by atoms with E-state index in [0.29, 0.717) is 0 Å². The van der Waals surface area contributed by atoms with Gasteiger partial charge in [0, 0.05) is 7.05 Å². The smallest absolute Gasteiger partial charge is 0.284 e. The van der Waals surface area contributed by atoms with Gasteiger partial charge in [0.25, 0.3) is 5.78 Å². The molecule has 0 spiro atoms. The Morgan fingerprint density at radius 2 is 1.75 bits per heavy atom. The molecule has 9 heteroatoms. The highest BCUT2D eigenvalue weighted by molar-refractivity contribution is 6.01. The Balaban J connectivity index is 3.33.